The largest absolute Gasteiger partial charge is 0.378 e. The van der Waals surface area contributed by atoms with E-state index >= 15 is 0 Å². The van der Waals surface area contributed by atoms with Crippen molar-refractivity contribution in [2.75, 3.05) is 19.0 Å². The Balaban J connectivity index is 2.14. The molecule has 3 rings (SSSR count). The summed E-state index contributed by atoms with van der Waals surface area (Å²) in [4.78, 5) is 2.05. The molecule has 120 valence electrons. The zero-order valence-corrected chi connectivity index (χ0v) is 13.8. The van der Waals surface area contributed by atoms with E-state index in [0.29, 0.717) is 5.71 Å². The highest BCUT2D eigenvalue weighted by atomic mass is 19.1. The third kappa shape index (κ3) is 3.35. The first-order chi connectivity index (χ1) is 11.5. The number of allylic oxidation sites excluding steroid dienone is 5. The van der Waals surface area contributed by atoms with E-state index in [1.807, 2.05) is 26.2 Å². The molecular weight excluding hydrogens is 299 g/mol. The van der Waals surface area contributed by atoms with Crippen molar-refractivity contribution < 1.29 is 4.39 Å². The Morgan fingerprint density at radius 3 is 1.79 bits per heavy atom. The lowest BCUT2D eigenvalue weighted by Crippen LogP contribution is -2.08. The van der Waals surface area contributed by atoms with Gasteiger partial charge < -0.3 is 10.3 Å². The van der Waals surface area contributed by atoms with Gasteiger partial charge in [0.15, 0.2) is 0 Å². The molecule has 1 aliphatic carbocycles. The molecule has 0 spiro atoms. The van der Waals surface area contributed by atoms with Gasteiger partial charge in [0.2, 0.25) is 0 Å². The zero-order chi connectivity index (χ0) is 17.1. The molecule has 0 radical (unpaired) electrons. The molecule has 2 aromatic rings. The summed E-state index contributed by atoms with van der Waals surface area (Å²) in [6.07, 6.45) is 7.40. The number of benzene rings is 2. The maximum absolute atomic E-state index is 13.3. The normalized spacial score (nSPS) is 13.3. The number of halogens is 1. The summed E-state index contributed by atoms with van der Waals surface area (Å²) in [5, 5.41) is 7.68. The highest BCUT2D eigenvalue weighted by Crippen LogP contribution is 2.30. The van der Waals surface area contributed by atoms with Crippen molar-refractivity contribution in [3.63, 3.8) is 0 Å². The Labute approximate surface area is 141 Å². The molecule has 0 bridgehead atoms. The number of rotatable bonds is 3. The number of hydrogen-bond acceptors (Lipinski definition) is 2. The van der Waals surface area contributed by atoms with E-state index in [1.54, 1.807) is 24.3 Å². The maximum Gasteiger partial charge on any atom is 0.123 e. The van der Waals surface area contributed by atoms with Gasteiger partial charge >= 0.3 is 0 Å². The third-order valence-electron chi connectivity index (χ3n) is 3.98. The van der Waals surface area contributed by atoms with Gasteiger partial charge in [-0.15, -0.1) is 0 Å². The van der Waals surface area contributed by atoms with E-state index in [0.717, 1.165) is 28.0 Å². The fourth-order valence-corrected chi connectivity index (χ4v) is 2.68. The number of anilines is 1. The van der Waals surface area contributed by atoms with Crippen LogP contribution in [-0.4, -0.2) is 19.8 Å². The van der Waals surface area contributed by atoms with Crippen LogP contribution in [-0.2, 0) is 0 Å². The van der Waals surface area contributed by atoms with Crippen molar-refractivity contribution in [2.24, 2.45) is 0 Å². The summed E-state index contributed by atoms with van der Waals surface area (Å²) in [7, 11) is 4.01. The van der Waals surface area contributed by atoms with Gasteiger partial charge in [0, 0.05) is 19.8 Å². The molecule has 0 saturated carbocycles. The molecule has 1 aliphatic rings. The average molecular weight is 318 g/mol. The Morgan fingerprint density at radius 2 is 1.29 bits per heavy atom. The van der Waals surface area contributed by atoms with Gasteiger partial charge in [0.1, 0.15) is 5.82 Å². The molecule has 2 aromatic carbocycles. The monoisotopic (exact) mass is 318 g/mol. The van der Waals surface area contributed by atoms with E-state index in [9.17, 15) is 4.39 Å². The first kappa shape index (κ1) is 15.9. The SMILES string of the molecule is CN(C)c1ccc(C(=C2C=CC(=N)C=C2)c2ccc(F)cc2)cc1. The fraction of sp³-hybridized carbons (Fsp3) is 0.0952. The lowest BCUT2D eigenvalue weighted by atomic mass is 9.90. The summed E-state index contributed by atoms with van der Waals surface area (Å²) >= 11 is 0. The minimum Gasteiger partial charge on any atom is -0.378 e. The Kier molecular flexibility index (Phi) is 4.43. The van der Waals surface area contributed by atoms with Crippen molar-refractivity contribution in [3.8, 4) is 0 Å². The van der Waals surface area contributed by atoms with Crippen molar-refractivity contribution in [3.05, 3.63) is 95.4 Å². The Morgan fingerprint density at radius 1 is 0.792 bits per heavy atom. The standard InChI is InChI=1S/C21H19FN2/c1-24(2)20-13-7-17(8-14-20)21(15-3-9-18(22)10-4-15)16-5-11-19(23)12-6-16/h3-14,23H,1-2H3. The van der Waals surface area contributed by atoms with Crippen LogP contribution in [0.3, 0.4) is 0 Å². The molecule has 0 heterocycles. The summed E-state index contributed by atoms with van der Waals surface area (Å²) in [5.74, 6) is -0.248. The van der Waals surface area contributed by atoms with Crippen LogP contribution >= 0.6 is 0 Å². The molecule has 0 amide bonds. The summed E-state index contributed by atoms with van der Waals surface area (Å²) in [5.41, 5.74) is 5.64. The summed E-state index contributed by atoms with van der Waals surface area (Å²) in [6.45, 7) is 0. The predicted octanol–water partition coefficient (Wildman–Crippen LogP) is 4.84. The molecule has 24 heavy (non-hydrogen) atoms. The second kappa shape index (κ2) is 6.67. The van der Waals surface area contributed by atoms with Crippen LogP contribution in [0.25, 0.3) is 5.57 Å². The molecule has 0 unspecified atom stereocenters. The van der Waals surface area contributed by atoms with Gasteiger partial charge in [-0.25, -0.2) is 4.39 Å². The van der Waals surface area contributed by atoms with Crippen molar-refractivity contribution >= 4 is 17.0 Å². The van der Waals surface area contributed by atoms with Crippen LogP contribution < -0.4 is 4.90 Å². The van der Waals surface area contributed by atoms with Gasteiger partial charge in [-0.3, -0.25) is 0 Å². The highest BCUT2D eigenvalue weighted by molar-refractivity contribution is 6.05. The summed E-state index contributed by atoms with van der Waals surface area (Å²) < 4.78 is 13.3. The van der Waals surface area contributed by atoms with Gasteiger partial charge in [0.25, 0.3) is 0 Å². The van der Waals surface area contributed by atoms with Gasteiger partial charge in [-0.05, 0) is 58.7 Å². The lowest BCUT2D eigenvalue weighted by Gasteiger charge is -2.16. The zero-order valence-electron chi connectivity index (χ0n) is 13.8. The fourth-order valence-electron chi connectivity index (χ4n) is 2.68. The van der Waals surface area contributed by atoms with Crippen LogP contribution in [0.2, 0.25) is 0 Å². The first-order valence-corrected chi connectivity index (χ1v) is 7.77. The third-order valence-corrected chi connectivity index (χ3v) is 3.98. The van der Waals surface area contributed by atoms with E-state index < -0.39 is 0 Å². The van der Waals surface area contributed by atoms with Crippen molar-refractivity contribution in [1.82, 2.24) is 0 Å². The van der Waals surface area contributed by atoms with E-state index in [4.69, 9.17) is 5.41 Å². The molecule has 3 heteroatoms. The number of nitrogens with zero attached hydrogens (tertiary/aromatic N) is 1. The van der Waals surface area contributed by atoms with Gasteiger partial charge in [-0.2, -0.15) is 0 Å². The van der Waals surface area contributed by atoms with Crippen LogP contribution in [0, 0.1) is 11.2 Å². The van der Waals surface area contributed by atoms with Gasteiger partial charge in [-0.1, -0.05) is 36.4 Å². The Hall–Kier alpha value is -2.94. The molecular formula is C21H19FN2. The minimum atomic E-state index is -0.248. The molecule has 0 aromatic heterocycles. The Bertz CT molecular complexity index is 820. The molecule has 0 saturated heterocycles. The van der Waals surface area contributed by atoms with E-state index in [2.05, 4.69) is 29.2 Å². The van der Waals surface area contributed by atoms with Crippen molar-refractivity contribution in [2.45, 2.75) is 0 Å². The van der Waals surface area contributed by atoms with E-state index in [1.165, 1.54) is 12.1 Å². The lowest BCUT2D eigenvalue weighted by molar-refractivity contribution is 0.627. The maximum atomic E-state index is 13.3. The molecule has 1 N–H and O–H groups in total. The first-order valence-electron chi connectivity index (χ1n) is 7.77. The smallest absolute Gasteiger partial charge is 0.123 e. The predicted molar refractivity (Wildman–Crippen MR) is 99.2 cm³/mol. The number of nitrogens with one attached hydrogen (secondary N) is 1. The van der Waals surface area contributed by atoms with Crippen LogP contribution in [0.5, 0.6) is 0 Å². The van der Waals surface area contributed by atoms with Crippen LogP contribution in [0.4, 0.5) is 10.1 Å². The molecule has 0 aliphatic heterocycles. The minimum absolute atomic E-state index is 0.248. The quantitative estimate of drug-likeness (QED) is 0.861. The molecule has 0 fully saturated rings. The van der Waals surface area contributed by atoms with Crippen LogP contribution in [0.1, 0.15) is 11.1 Å². The topological polar surface area (TPSA) is 27.1 Å². The summed E-state index contributed by atoms with van der Waals surface area (Å²) in [6, 6.07) is 14.8. The van der Waals surface area contributed by atoms with Crippen LogP contribution in [0.15, 0.2) is 78.4 Å². The van der Waals surface area contributed by atoms with Gasteiger partial charge in [0.05, 0.1) is 5.71 Å². The number of hydrogen-bond donors (Lipinski definition) is 1. The van der Waals surface area contributed by atoms with E-state index in [-0.39, 0.29) is 5.82 Å². The highest BCUT2D eigenvalue weighted by Gasteiger charge is 2.11. The average Bonchev–Trinajstić information content (AvgIpc) is 2.59. The van der Waals surface area contributed by atoms with Crippen molar-refractivity contribution in [1.29, 1.82) is 5.41 Å². The second-order valence-electron chi connectivity index (χ2n) is 5.90. The second-order valence-corrected chi connectivity index (χ2v) is 5.90. The molecule has 0 atom stereocenters. The molecule has 2 nitrogen and oxygen atoms in total.